The van der Waals surface area contributed by atoms with Crippen molar-refractivity contribution in [1.82, 2.24) is 14.7 Å². The van der Waals surface area contributed by atoms with Gasteiger partial charge in [0.1, 0.15) is 5.02 Å². The Kier molecular flexibility index (Phi) is 6.92. The van der Waals surface area contributed by atoms with Gasteiger partial charge in [0.15, 0.2) is 0 Å². The van der Waals surface area contributed by atoms with Crippen molar-refractivity contribution in [2.45, 2.75) is 44.7 Å². The van der Waals surface area contributed by atoms with Gasteiger partial charge in [0, 0.05) is 26.1 Å². The summed E-state index contributed by atoms with van der Waals surface area (Å²) in [6, 6.07) is 9.70. The summed E-state index contributed by atoms with van der Waals surface area (Å²) in [6.45, 7) is 4.84. The second kappa shape index (κ2) is 9.83. The van der Waals surface area contributed by atoms with Crippen LogP contribution in [0.3, 0.4) is 0 Å². The molecule has 3 heterocycles. The average molecular weight is 445 g/mol. The maximum absolute atomic E-state index is 12.9. The number of amides is 1. The predicted molar refractivity (Wildman–Crippen MR) is 120 cm³/mol. The first-order valence-electron chi connectivity index (χ1n) is 11.0. The van der Waals surface area contributed by atoms with E-state index in [1.807, 2.05) is 42.2 Å². The number of piperidine rings is 1. The molecule has 8 heteroatoms. The number of nitrogens with one attached hydrogen (secondary N) is 1. The van der Waals surface area contributed by atoms with Crippen molar-refractivity contribution in [3.05, 3.63) is 57.5 Å². The zero-order valence-electron chi connectivity index (χ0n) is 17.8. The number of aromatic nitrogens is 2. The van der Waals surface area contributed by atoms with Crippen molar-refractivity contribution < 1.29 is 9.53 Å². The van der Waals surface area contributed by atoms with Crippen LogP contribution in [0.2, 0.25) is 5.02 Å². The molecular formula is C23H29ClN4O3. The zero-order valence-corrected chi connectivity index (χ0v) is 18.6. The standard InChI is InChI=1S/C23H29ClN4O3/c1-16(18-7-3-2-4-8-18)27-10-9-19(12-21(27)29)28-23(30)22(24)20(14-26-28)25-13-17-6-5-11-31-15-17/h2-4,7-8,14,16-17,19,25H,5-6,9-13,15H2,1H3/t16?,17-,19+/m1/s1. The third kappa shape index (κ3) is 4.93. The molecule has 3 atom stereocenters. The lowest BCUT2D eigenvalue weighted by atomic mass is 9.99. The van der Waals surface area contributed by atoms with E-state index >= 15 is 0 Å². The third-order valence-corrected chi connectivity index (χ3v) is 6.67. The van der Waals surface area contributed by atoms with Gasteiger partial charge in [0.05, 0.1) is 30.6 Å². The first kappa shape index (κ1) is 21.8. The lowest BCUT2D eigenvalue weighted by Gasteiger charge is -2.36. The molecule has 0 saturated carbocycles. The van der Waals surface area contributed by atoms with E-state index in [4.69, 9.17) is 16.3 Å². The van der Waals surface area contributed by atoms with Gasteiger partial charge in [-0.25, -0.2) is 4.68 Å². The molecule has 0 spiro atoms. The van der Waals surface area contributed by atoms with Crippen molar-refractivity contribution in [2.75, 3.05) is 31.6 Å². The van der Waals surface area contributed by atoms with E-state index in [9.17, 15) is 9.59 Å². The summed E-state index contributed by atoms with van der Waals surface area (Å²) in [5.41, 5.74) is 1.29. The van der Waals surface area contributed by atoms with Crippen molar-refractivity contribution in [2.24, 2.45) is 5.92 Å². The van der Waals surface area contributed by atoms with Crippen LogP contribution in [0.5, 0.6) is 0 Å². The van der Waals surface area contributed by atoms with Crippen LogP contribution < -0.4 is 10.9 Å². The van der Waals surface area contributed by atoms with E-state index in [0.717, 1.165) is 31.6 Å². The normalized spacial score (nSPS) is 22.9. The number of hydrogen-bond acceptors (Lipinski definition) is 5. The number of carbonyl (C=O) groups is 1. The van der Waals surface area contributed by atoms with Gasteiger partial charge < -0.3 is 15.0 Å². The Morgan fingerprint density at radius 3 is 2.77 bits per heavy atom. The van der Waals surface area contributed by atoms with Crippen molar-refractivity contribution >= 4 is 23.2 Å². The SMILES string of the molecule is CC(c1ccccc1)N1CC[C@H](n2ncc(NC[C@H]3CCCOC3)c(Cl)c2=O)CC1=O. The minimum Gasteiger partial charge on any atom is -0.382 e. The Labute approximate surface area is 187 Å². The summed E-state index contributed by atoms with van der Waals surface area (Å²) < 4.78 is 6.87. The minimum atomic E-state index is -0.353. The molecular weight excluding hydrogens is 416 g/mol. The molecule has 4 rings (SSSR count). The fraction of sp³-hybridized carbons (Fsp3) is 0.522. The highest BCUT2D eigenvalue weighted by molar-refractivity contribution is 6.32. The Hall–Kier alpha value is -2.38. The molecule has 2 aromatic rings. The van der Waals surface area contributed by atoms with E-state index in [-0.39, 0.29) is 35.0 Å². The lowest BCUT2D eigenvalue weighted by molar-refractivity contribution is -0.137. The Bertz CT molecular complexity index is 959. The Morgan fingerprint density at radius 1 is 1.26 bits per heavy atom. The maximum atomic E-state index is 12.9. The summed E-state index contributed by atoms with van der Waals surface area (Å²) in [5.74, 6) is 0.428. The molecule has 0 bridgehead atoms. The van der Waals surface area contributed by atoms with Gasteiger partial charge in [-0.1, -0.05) is 41.9 Å². The number of rotatable bonds is 6. The summed E-state index contributed by atoms with van der Waals surface area (Å²) in [5, 5.41) is 7.71. The number of likely N-dealkylation sites (tertiary alicyclic amines) is 1. The molecule has 31 heavy (non-hydrogen) atoms. The van der Waals surface area contributed by atoms with Gasteiger partial charge in [0.2, 0.25) is 5.91 Å². The second-order valence-electron chi connectivity index (χ2n) is 8.41. The van der Waals surface area contributed by atoms with Gasteiger partial charge in [-0.2, -0.15) is 5.10 Å². The molecule has 7 nitrogen and oxygen atoms in total. The molecule has 1 unspecified atom stereocenters. The lowest BCUT2D eigenvalue weighted by Crippen LogP contribution is -2.43. The van der Waals surface area contributed by atoms with Gasteiger partial charge in [-0.05, 0) is 37.7 Å². The number of ether oxygens (including phenoxy) is 1. The van der Waals surface area contributed by atoms with E-state index < -0.39 is 0 Å². The smallest absolute Gasteiger partial charge is 0.287 e. The quantitative estimate of drug-likeness (QED) is 0.735. The topological polar surface area (TPSA) is 76.5 Å². The average Bonchev–Trinajstić information content (AvgIpc) is 2.81. The minimum absolute atomic E-state index is 0.00161. The van der Waals surface area contributed by atoms with Crippen LogP contribution in [-0.4, -0.2) is 46.9 Å². The fourth-order valence-corrected chi connectivity index (χ4v) is 4.62. The Balaban J connectivity index is 1.41. The number of hydrogen-bond donors (Lipinski definition) is 1. The Morgan fingerprint density at radius 2 is 2.06 bits per heavy atom. The first-order chi connectivity index (χ1) is 15.0. The summed E-state index contributed by atoms with van der Waals surface area (Å²) in [6.07, 6.45) is 4.65. The molecule has 2 fully saturated rings. The van der Waals surface area contributed by atoms with Gasteiger partial charge >= 0.3 is 0 Å². The van der Waals surface area contributed by atoms with Crippen LogP contribution in [0.4, 0.5) is 5.69 Å². The highest BCUT2D eigenvalue weighted by Crippen LogP contribution is 2.29. The van der Waals surface area contributed by atoms with E-state index in [1.165, 1.54) is 4.68 Å². The highest BCUT2D eigenvalue weighted by atomic mass is 35.5. The van der Waals surface area contributed by atoms with Crippen LogP contribution in [-0.2, 0) is 9.53 Å². The van der Waals surface area contributed by atoms with Crippen molar-refractivity contribution in [3.8, 4) is 0 Å². The summed E-state index contributed by atoms with van der Waals surface area (Å²) in [7, 11) is 0. The van der Waals surface area contributed by atoms with Crippen molar-refractivity contribution in [1.29, 1.82) is 0 Å². The highest BCUT2D eigenvalue weighted by Gasteiger charge is 2.32. The van der Waals surface area contributed by atoms with Crippen molar-refractivity contribution in [3.63, 3.8) is 0 Å². The summed E-state index contributed by atoms with van der Waals surface area (Å²) >= 11 is 6.37. The van der Waals surface area contributed by atoms with Crippen LogP contribution in [0.1, 0.15) is 50.3 Å². The van der Waals surface area contributed by atoms with Crippen LogP contribution in [0, 0.1) is 5.92 Å². The van der Waals surface area contributed by atoms with E-state index in [0.29, 0.717) is 31.1 Å². The molecule has 1 N–H and O–H groups in total. The molecule has 1 aromatic heterocycles. The van der Waals surface area contributed by atoms with Gasteiger partial charge in [0.25, 0.3) is 5.56 Å². The molecule has 2 aliphatic rings. The van der Waals surface area contributed by atoms with Crippen LogP contribution in [0.15, 0.2) is 41.3 Å². The molecule has 1 aromatic carbocycles. The van der Waals surface area contributed by atoms with E-state index in [1.54, 1.807) is 6.20 Å². The first-order valence-corrected chi connectivity index (χ1v) is 11.4. The predicted octanol–water partition coefficient (Wildman–Crippen LogP) is 3.66. The number of anilines is 1. The second-order valence-corrected chi connectivity index (χ2v) is 8.78. The molecule has 0 aliphatic carbocycles. The molecule has 166 valence electrons. The van der Waals surface area contributed by atoms with Gasteiger partial charge in [-0.15, -0.1) is 0 Å². The van der Waals surface area contributed by atoms with E-state index in [2.05, 4.69) is 10.4 Å². The molecule has 0 radical (unpaired) electrons. The number of halogens is 1. The summed E-state index contributed by atoms with van der Waals surface area (Å²) in [4.78, 5) is 27.6. The monoisotopic (exact) mass is 444 g/mol. The molecule has 1 amide bonds. The number of nitrogens with zero attached hydrogens (tertiary/aromatic N) is 3. The molecule has 2 aliphatic heterocycles. The third-order valence-electron chi connectivity index (χ3n) is 6.31. The van der Waals surface area contributed by atoms with Crippen LogP contribution >= 0.6 is 11.6 Å². The number of benzene rings is 1. The maximum Gasteiger partial charge on any atom is 0.287 e. The fourth-order valence-electron chi connectivity index (χ4n) is 4.41. The number of carbonyl (C=O) groups excluding carboxylic acids is 1. The van der Waals surface area contributed by atoms with Gasteiger partial charge in [-0.3, -0.25) is 9.59 Å². The zero-order chi connectivity index (χ0) is 21.8. The molecule has 2 saturated heterocycles. The largest absolute Gasteiger partial charge is 0.382 e. The van der Waals surface area contributed by atoms with Crippen LogP contribution in [0.25, 0.3) is 0 Å².